The SMILES string of the molecule is CN(C(=O)Oc1c2ccccc2cc2ccccc12)C1CCCCC1. The highest BCUT2D eigenvalue weighted by molar-refractivity contribution is 6.06. The van der Waals surface area contributed by atoms with E-state index < -0.39 is 0 Å². The Hall–Kier alpha value is -2.55. The van der Waals surface area contributed by atoms with Gasteiger partial charge in [-0.2, -0.15) is 0 Å². The fourth-order valence-corrected chi connectivity index (χ4v) is 3.86. The molecule has 0 spiro atoms. The van der Waals surface area contributed by atoms with Crippen LogP contribution in [-0.4, -0.2) is 24.1 Å². The second-order valence-electron chi connectivity index (χ2n) is 6.92. The van der Waals surface area contributed by atoms with Crippen molar-refractivity contribution in [2.24, 2.45) is 0 Å². The molecule has 3 nitrogen and oxygen atoms in total. The van der Waals surface area contributed by atoms with Gasteiger partial charge in [0, 0.05) is 23.9 Å². The van der Waals surface area contributed by atoms with E-state index in [1.165, 1.54) is 19.3 Å². The van der Waals surface area contributed by atoms with Crippen LogP contribution in [0.2, 0.25) is 0 Å². The molecule has 0 aromatic heterocycles. The first-order chi connectivity index (χ1) is 12.2. The summed E-state index contributed by atoms with van der Waals surface area (Å²) in [5.41, 5.74) is 0. The molecular formula is C22H23NO2. The van der Waals surface area contributed by atoms with Gasteiger partial charge in [0.05, 0.1) is 0 Å². The van der Waals surface area contributed by atoms with Crippen LogP contribution in [0, 0.1) is 0 Å². The molecule has 128 valence electrons. The maximum absolute atomic E-state index is 12.8. The van der Waals surface area contributed by atoms with E-state index in [4.69, 9.17) is 4.74 Å². The Morgan fingerprint density at radius 1 is 0.920 bits per heavy atom. The van der Waals surface area contributed by atoms with Crippen molar-refractivity contribution in [2.75, 3.05) is 7.05 Å². The fraction of sp³-hybridized carbons (Fsp3) is 0.318. The molecule has 0 unspecified atom stereocenters. The molecule has 4 rings (SSSR count). The average Bonchev–Trinajstić information content (AvgIpc) is 2.67. The van der Waals surface area contributed by atoms with Crippen LogP contribution in [0.3, 0.4) is 0 Å². The number of rotatable bonds is 2. The number of benzene rings is 3. The van der Waals surface area contributed by atoms with E-state index in [-0.39, 0.29) is 6.09 Å². The van der Waals surface area contributed by atoms with Crippen LogP contribution in [0.4, 0.5) is 4.79 Å². The van der Waals surface area contributed by atoms with Gasteiger partial charge < -0.3 is 9.64 Å². The lowest BCUT2D eigenvalue weighted by atomic mass is 9.95. The van der Waals surface area contributed by atoms with E-state index in [0.29, 0.717) is 11.8 Å². The Morgan fingerprint density at radius 2 is 1.48 bits per heavy atom. The predicted octanol–water partition coefficient (Wildman–Crippen LogP) is 5.76. The lowest BCUT2D eigenvalue weighted by molar-refractivity contribution is 0.134. The summed E-state index contributed by atoms with van der Waals surface area (Å²) in [6.07, 6.45) is 5.55. The lowest BCUT2D eigenvalue weighted by Gasteiger charge is -2.30. The van der Waals surface area contributed by atoms with E-state index in [0.717, 1.165) is 34.4 Å². The van der Waals surface area contributed by atoms with Crippen LogP contribution in [0.25, 0.3) is 21.5 Å². The van der Waals surface area contributed by atoms with Gasteiger partial charge in [-0.1, -0.05) is 67.8 Å². The first-order valence-electron chi connectivity index (χ1n) is 9.09. The molecule has 25 heavy (non-hydrogen) atoms. The molecule has 0 radical (unpaired) electrons. The molecule has 3 aromatic carbocycles. The molecule has 0 heterocycles. The molecule has 0 aliphatic heterocycles. The Balaban J connectivity index is 1.72. The number of hydrogen-bond acceptors (Lipinski definition) is 2. The van der Waals surface area contributed by atoms with Crippen LogP contribution < -0.4 is 4.74 Å². The zero-order chi connectivity index (χ0) is 17.2. The minimum atomic E-state index is -0.256. The number of carbonyl (C=O) groups is 1. The summed E-state index contributed by atoms with van der Waals surface area (Å²) in [4.78, 5) is 14.6. The zero-order valence-electron chi connectivity index (χ0n) is 14.6. The number of amides is 1. The maximum Gasteiger partial charge on any atom is 0.415 e. The monoisotopic (exact) mass is 333 g/mol. The molecule has 1 amide bonds. The van der Waals surface area contributed by atoms with Crippen LogP contribution in [0.1, 0.15) is 32.1 Å². The number of hydrogen-bond donors (Lipinski definition) is 0. The molecule has 3 heteroatoms. The van der Waals surface area contributed by atoms with Gasteiger partial charge in [-0.3, -0.25) is 0 Å². The van der Waals surface area contributed by atoms with Crippen molar-refractivity contribution in [3.63, 3.8) is 0 Å². The molecule has 3 aromatic rings. The normalized spacial score (nSPS) is 15.4. The lowest BCUT2D eigenvalue weighted by Crippen LogP contribution is -2.40. The quantitative estimate of drug-likeness (QED) is 0.558. The van der Waals surface area contributed by atoms with Crippen molar-refractivity contribution in [3.8, 4) is 5.75 Å². The van der Waals surface area contributed by atoms with E-state index in [1.807, 2.05) is 43.4 Å². The molecule has 0 saturated heterocycles. The van der Waals surface area contributed by atoms with Crippen LogP contribution in [0.5, 0.6) is 5.75 Å². The topological polar surface area (TPSA) is 29.5 Å². The second kappa shape index (κ2) is 6.75. The number of carbonyl (C=O) groups excluding carboxylic acids is 1. The highest BCUT2D eigenvalue weighted by Gasteiger charge is 2.24. The van der Waals surface area contributed by atoms with E-state index in [1.54, 1.807) is 4.90 Å². The van der Waals surface area contributed by atoms with Crippen molar-refractivity contribution in [2.45, 2.75) is 38.1 Å². The number of fused-ring (bicyclic) bond motifs is 2. The van der Waals surface area contributed by atoms with Crippen LogP contribution >= 0.6 is 0 Å². The van der Waals surface area contributed by atoms with Gasteiger partial charge in [0.2, 0.25) is 0 Å². The molecular weight excluding hydrogens is 310 g/mol. The Kier molecular flexibility index (Phi) is 4.31. The smallest absolute Gasteiger partial charge is 0.409 e. The minimum Gasteiger partial charge on any atom is -0.409 e. The molecule has 1 fully saturated rings. The molecule has 1 aliphatic carbocycles. The highest BCUT2D eigenvalue weighted by Crippen LogP contribution is 2.35. The summed E-state index contributed by atoms with van der Waals surface area (Å²) >= 11 is 0. The largest absolute Gasteiger partial charge is 0.415 e. The summed E-state index contributed by atoms with van der Waals surface area (Å²) in [5, 5.41) is 4.13. The number of ether oxygens (including phenoxy) is 1. The number of nitrogens with zero attached hydrogens (tertiary/aromatic N) is 1. The summed E-state index contributed by atoms with van der Waals surface area (Å²) in [6, 6.07) is 18.6. The first kappa shape index (κ1) is 15.9. The van der Waals surface area contributed by atoms with Gasteiger partial charge in [-0.05, 0) is 29.7 Å². The molecule has 1 saturated carbocycles. The van der Waals surface area contributed by atoms with E-state index in [9.17, 15) is 4.79 Å². The third-order valence-electron chi connectivity index (χ3n) is 5.32. The van der Waals surface area contributed by atoms with E-state index in [2.05, 4.69) is 18.2 Å². The van der Waals surface area contributed by atoms with Crippen molar-refractivity contribution in [1.82, 2.24) is 4.90 Å². The molecule has 0 N–H and O–H groups in total. The van der Waals surface area contributed by atoms with Crippen LogP contribution in [-0.2, 0) is 0 Å². The van der Waals surface area contributed by atoms with Crippen molar-refractivity contribution in [3.05, 3.63) is 54.6 Å². The second-order valence-corrected chi connectivity index (χ2v) is 6.92. The van der Waals surface area contributed by atoms with Gasteiger partial charge in [0.1, 0.15) is 5.75 Å². The third kappa shape index (κ3) is 3.07. The van der Waals surface area contributed by atoms with Gasteiger partial charge in [0.25, 0.3) is 0 Å². The Bertz CT molecular complexity index is 858. The summed E-state index contributed by atoms with van der Waals surface area (Å²) in [7, 11) is 1.87. The molecule has 1 aliphatic rings. The van der Waals surface area contributed by atoms with Crippen molar-refractivity contribution < 1.29 is 9.53 Å². The van der Waals surface area contributed by atoms with Gasteiger partial charge >= 0.3 is 6.09 Å². The van der Waals surface area contributed by atoms with Gasteiger partial charge in [-0.25, -0.2) is 4.79 Å². The predicted molar refractivity (Wildman–Crippen MR) is 102 cm³/mol. The van der Waals surface area contributed by atoms with Gasteiger partial charge in [0.15, 0.2) is 0 Å². The average molecular weight is 333 g/mol. The summed E-state index contributed by atoms with van der Waals surface area (Å²) in [6.45, 7) is 0. The van der Waals surface area contributed by atoms with Crippen molar-refractivity contribution in [1.29, 1.82) is 0 Å². The van der Waals surface area contributed by atoms with E-state index >= 15 is 0 Å². The third-order valence-corrected chi connectivity index (χ3v) is 5.32. The Morgan fingerprint density at radius 3 is 2.08 bits per heavy atom. The minimum absolute atomic E-state index is 0.256. The molecule has 0 bridgehead atoms. The maximum atomic E-state index is 12.8. The first-order valence-corrected chi connectivity index (χ1v) is 9.09. The summed E-state index contributed by atoms with van der Waals surface area (Å²) < 4.78 is 5.94. The highest BCUT2D eigenvalue weighted by atomic mass is 16.6. The van der Waals surface area contributed by atoms with Gasteiger partial charge in [-0.15, -0.1) is 0 Å². The summed E-state index contributed by atoms with van der Waals surface area (Å²) in [5.74, 6) is 0.668. The fourth-order valence-electron chi connectivity index (χ4n) is 3.86. The molecule has 0 atom stereocenters. The van der Waals surface area contributed by atoms with Crippen molar-refractivity contribution >= 4 is 27.6 Å². The Labute approximate surface area is 148 Å². The van der Waals surface area contributed by atoms with Crippen LogP contribution in [0.15, 0.2) is 54.6 Å². The zero-order valence-corrected chi connectivity index (χ0v) is 14.6. The standard InChI is InChI=1S/C22H23NO2/c1-23(18-11-3-2-4-12-18)22(24)25-21-19-13-7-5-9-16(19)15-17-10-6-8-14-20(17)21/h5-10,13-15,18H,2-4,11-12H2,1H3.